The molecule has 0 aliphatic heterocycles. The number of rotatable bonds is 6. The van der Waals surface area contributed by atoms with Crippen LogP contribution < -0.4 is 0 Å². The summed E-state index contributed by atoms with van der Waals surface area (Å²) in [5.74, 6) is -0.0581. The highest BCUT2D eigenvalue weighted by molar-refractivity contribution is 5.50. The summed E-state index contributed by atoms with van der Waals surface area (Å²) in [6.07, 6.45) is 8.97. The summed E-state index contributed by atoms with van der Waals surface area (Å²) in [5.41, 5.74) is 3.40. The second kappa shape index (κ2) is 5.26. The second-order valence-electron chi connectivity index (χ2n) is 5.75. The van der Waals surface area contributed by atoms with Crippen LogP contribution in [0, 0.1) is 18.2 Å². The predicted molar refractivity (Wildman–Crippen MR) is 76.1 cm³/mol. The lowest BCUT2D eigenvalue weighted by Crippen LogP contribution is -2.04. The highest BCUT2D eigenvalue weighted by Gasteiger charge is 2.40. The van der Waals surface area contributed by atoms with E-state index in [1.807, 2.05) is 13.0 Å². The van der Waals surface area contributed by atoms with Crippen LogP contribution in [0.5, 0.6) is 0 Å². The Morgan fingerprint density at radius 3 is 2.56 bits per heavy atom. The molecule has 98 valence electrons. The van der Waals surface area contributed by atoms with Crippen LogP contribution in [0.3, 0.4) is 0 Å². The van der Waals surface area contributed by atoms with Gasteiger partial charge >= 0.3 is 0 Å². The monoisotopic (exact) mass is 246 g/mol. The van der Waals surface area contributed by atoms with Crippen molar-refractivity contribution in [3.63, 3.8) is 0 Å². The summed E-state index contributed by atoms with van der Waals surface area (Å²) in [5, 5.41) is 0. The second-order valence-corrected chi connectivity index (χ2v) is 5.75. The Labute approximate surface area is 110 Å². The molecule has 18 heavy (non-hydrogen) atoms. The maximum absolute atomic E-state index is 14.0. The molecule has 0 atom stereocenters. The van der Waals surface area contributed by atoms with E-state index < -0.39 is 0 Å². The van der Waals surface area contributed by atoms with E-state index in [4.69, 9.17) is 0 Å². The lowest BCUT2D eigenvalue weighted by atomic mass is 9.90. The first-order chi connectivity index (χ1) is 8.60. The molecule has 2 rings (SSSR count). The third-order valence-corrected chi connectivity index (χ3v) is 4.32. The van der Waals surface area contributed by atoms with E-state index in [0.717, 1.165) is 29.5 Å². The summed E-state index contributed by atoms with van der Waals surface area (Å²) in [7, 11) is 0. The average Bonchev–Trinajstić information content (AvgIpc) is 3.08. The molecule has 0 heterocycles. The minimum Gasteiger partial charge on any atom is -0.207 e. The first kappa shape index (κ1) is 13.3. The van der Waals surface area contributed by atoms with Crippen LogP contribution in [0.25, 0.3) is 6.08 Å². The van der Waals surface area contributed by atoms with Gasteiger partial charge < -0.3 is 0 Å². The Morgan fingerprint density at radius 1 is 1.33 bits per heavy atom. The summed E-state index contributed by atoms with van der Waals surface area (Å²) in [6, 6.07) is 3.64. The van der Waals surface area contributed by atoms with Crippen molar-refractivity contribution in [1.82, 2.24) is 0 Å². The van der Waals surface area contributed by atoms with E-state index >= 15 is 0 Å². The van der Waals surface area contributed by atoms with Gasteiger partial charge in [-0.05, 0) is 67.2 Å². The fourth-order valence-electron chi connectivity index (χ4n) is 2.96. The van der Waals surface area contributed by atoms with Crippen molar-refractivity contribution in [3.8, 4) is 0 Å². The molecule has 0 nitrogen and oxygen atoms in total. The molecular formula is C17H23F. The molecule has 0 spiro atoms. The van der Waals surface area contributed by atoms with E-state index in [-0.39, 0.29) is 5.82 Å². The predicted octanol–water partition coefficient (Wildman–Crippen LogP) is 5.29. The van der Waals surface area contributed by atoms with Crippen molar-refractivity contribution in [2.24, 2.45) is 5.41 Å². The lowest BCUT2D eigenvalue weighted by Gasteiger charge is -2.15. The Balaban J connectivity index is 2.08. The van der Waals surface area contributed by atoms with Gasteiger partial charge in [0.15, 0.2) is 0 Å². The van der Waals surface area contributed by atoms with Crippen molar-refractivity contribution in [2.45, 2.75) is 52.4 Å². The van der Waals surface area contributed by atoms with Crippen molar-refractivity contribution in [2.75, 3.05) is 0 Å². The van der Waals surface area contributed by atoms with Gasteiger partial charge in [0, 0.05) is 0 Å². The number of hydrogen-bond acceptors (Lipinski definition) is 0. The van der Waals surface area contributed by atoms with E-state index in [9.17, 15) is 4.39 Å². The van der Waals surface area contributed by atoms with Gasteiger partial charge in [0.2, 0.25) is 0 Å². The maximum atomic E-state index is 14.0. The van der Waals surface area contributed by atoms with Crippen LogP contribution in [0.1, 0.15) is 55.7 Å². The van der Waals surface area contributed by atoms with Gasteiger partial charge in [0.1, 0.15) is 5.82 Å². The van der Waals surface area contributed by atoms with Crippen molar-refractivity contribution in [1.29, 1.82) is 0 Å². The van der Waals surface area contributed by atoms with Gasteiger partial charge in [-0.1, -0.05) is 32.1 Å². The van der Waals surface area contributed by atoms with Crippen molar-refractivity contribution < 1.29 is 4.39 Å². The molecule has 0 saturated heterocycles. The van der Waals surface area contributed by atoms with Gasteiger partial charge in [-0.15, -0.1) is 0 Å². The minimum absolute atomic E-state index is 0.0581. The first-order valence-electron chi connectivity index (χ1n) is 7.02. The van der Waals surface area contributed by atoms with Gasteiger partial charge in [0.05, 0.1) is 0 Å². The zero-order valence-electron chi connectivity index (χ0n) is 11.6. The van der Waals surface area contributed by atoms with Crippen LogP contribution in [-0.2, 0) is 6.42 Å². The summed E-state index contributed by atoms with van der Waals surface area (Å²) >= 11 is 0. The van der Waals surface area contributed by atoms with Crippen LogP contribution >= 0.6 is 0 Å². The molecule has 0 radical (unpaired) electrons. The highest BCUT2D eigenvalue weighted by Crippen LogP contribution is 2.53. The fourth-order valence-corrected chi connectivity index (χ4v) is 2.96. The molecule has 1 aliphatic rings. The molecule has 0 aromatic heterocycles. The number of benzene rings is 1. The van der Waals surface area contributed by atoms with Crippen LogP contribution in [0.15, 0.2) is 18.7 Å². The molecule has 0 N–H and O–H groups in total. The Kier molecular flexibility index (Phi) is 3.89. The maximum Gasteiger partial charge on any atom is 0.127 e. The van der Waals surface area contributed by atoms with E-state index in [0.29, 0.717) is 5.41 Å². The molecule has 1 aromatic rings. The minimum atomic E-state index is -0.0581. The molecule has 1 saturated carbocycles. The number of halogens is 1. The largest absolute Gasteiger partial charge is 0.207 e. The van der Waals surface area contributed by atoms with Crippen molar-refractivity contribution in [3.05, 3.63) is 41.2 Å². The molecular weight excluding hydrogens is 223 g/mol. The number of hydrogen-bond donors (Lipinski definition) is 0. The molecule has 0 bridgehead atoms. The van der Waals surface area contributed by atoms with Crippen LogP contribution in [-0.4, -0.2) is 0 Å². The summed E-state index contributed by atoms with van der Waals surface area (Å²) < 4.78 is 14.0. The van der Waals surface area contributed by atoms with Crippen LogP contribution in [0.2, 0.25) is 0 Å². The van der Waals surface area contributed by atoms with Crippen LogP contribution in [0.4, 0.5) is 4.39 Å². The Morgan fingerprint density at radius 2 is 2.06 bits per heavy atom. The average molecular weight is 246 g/mol. The van der Waals surface area contributed by atoms with Gasteiger partial charge in [-0.25, -0.2) is 4.39 Å². The smallest absolute Gasteiger partial charge is 0.127 e. The van der Waals surface area contributed by atoms with E-state index in [1.54, 1.807) is 12.1 Å². The quantitative estimate of drug-likeness (QED) is 0.639. The third-order valence-electron chi connectivity index (χ3n) is 4.32. The summed E-state index contributed by atoms with van der Waals surface area (Å²) in [4.78, 5) is 0. The molecule has 0 amide bonds. The highest BCUT2D eigenvalue weighted by atomic mass is 19.1. The lowest BCUT2D eigenvalue weighted by molar-refractivity contribution is 0.420. The van der Waals surface area contributed by atoms with Crippen molar-refractivity contribution >= 4 is 6.08 Å². The first-order valence-corrected chi connectivity index (χ1v) is 7.02. The zero-order valence-corrected chi connectivity index (χ0v) is 11.6. The molecule has 1 aliphatic carbocycles. The van der Waals surface area contributed by atoms with Gasteiger partial charge in [-0.2, -0.15) is 0 Å². The number of aryl methyl sites for hydroxylation is 1. The van der Waals surface area contributed by atoms with E-state index in [1.165, 1.54) is 25.7 Å². The standard InChI is InChI=1S/C17H23F/c1-4-7-17(9-10-17)8-6-15-13(3)11-14(5-2)12-16(15)18/h5,11-12H,2,4,6-10H2,1,3H3. The summed E-state index contributed by atoms with van der Waals surface area (Å²) in [6.45, 7) is 7.94. The third kappa shape index (κ3) is 2.82. The Hall–Kier alpha value is -1.11. The fraction of sp³-hybridized carbons (Fsp3) is 0.529. The topological polar surface area (TPSA) is 0 Å². The SMILES string of the molecule is C=Cc1cc(C)c(CCC2(CCC)CC2)c(F)c1. The van der Waals surface area contributed by atoms with Gasteiger partial charge in [0.25, 0.3) is 0 Å². The zero-order chi connectivity index (χ0) is 13.2. The van der Waals surface area contributed by atoms with E-state index in [2.05, 4.69) is 13.5 Å². The van der Waals surface area contributed by atoms with Gasteiger partial charge in [-0.3, -0.25) is 0 Å². The molecule has 1 heteroatoms. The molecule has 1 fully saturated rings. The Bertz CT molecular complexity index is 418. The normalized spacial score (nSPS) is 16.6. The molecule has 1 aromatic carbocycles. The molecule has 0 unspecified atom stereocenters.